The van der Waals surface area contributed by atoms with Crippen LogP contribution < -0.4 is 21.7 Å². The fourth-order valence-corrected chi connectivity index (χ4v) is 5.07. The highest BCUT2D eigenvalue weighted by molar-refractivity contribution is 6.00. The molecule has 29 heavy (non-hydrogen) atoms. The second kappa shape index (κ2) is 6.77. The summed E-state index contributed by atoms with van der Waals surface area (Å²) in [7, 11) is 0. The Morgan fingerprint density at radius 1 is 1.17 bits per heavy atom. The van der Waals surface area contributed by atoms with Gasteiger partial charge in [-0.25, -0.2) is 4.98 Å². The Hall–Kier alpha value is -2.52. The molecular formula is C20H27N7O2. The third-order valence-electron chi connectivity index (χ3n) is 6.70. The maximum atomic E-state index is 12.8. The second-order valence-electron chi connectivity index (χ2n) is 8.70. The van der Waals surface area contributed by atoms with Crippen LogP contribution in [0.1, 0.15) is 55.4 Å². The zero-order valence-electron chi connectivity index (χ0n) is 16.5. The molecule has 9 nitrogen and oxygen atoms in total. The number of hydrogen-bond acceptors (Lipinski definition) is 6. The Bertz CT molecular complexity index is 971. The van der Waals surface area contributed by atoms with E-state index in [2.05, 4.69) is 30.5 Å². The summed E-state index contributed by atoms with van der Waals surface area (Å²) >= 11 is 0. The van der Waals surface area contributed by atoms with E-state index in [0.29, 0.717) is 30.9 Å². The fraction of sp³-hybridized carbons (Fsp3) is 0.600. The lowest BCUT2D eigenvalue weighted by molar-refractivity contribution is -0.121. The van der Waals surface area contributed by atoms with Gasteiger partial charge < -0.3 is 20.9 Å². The molecule has 2 aliphatic heterocycles. The normalized spacial score (nSPS) is 26.2. The minimum atomic E-state index is -0.959. The van der Waals surface area contributed by atoms with Gasteiger partial charge in [-0.3, -0.25) is 14.9 Å². The van der Waals surface area contributed by atoms with Gasteiger partial charge >= 0.3 is 0 Å². The first kappa shape index (κ1) is 18.5. The maximum Gasteiger partial charge on any atom is 0.268 e. The summed E-state index contributed by atoms with van der Waals surface area (Å²) in [5.41, 5.74) is 6.51. The van der Waals surface area contributed by atoms with Crippen molar-refractivity contribution in [2.75, 3.05) is 25.0 Å². The number of amides is 2. The summed E-state index contributed by atoms with van der Waals surface area (Å²) in [4.78, 5) is 34.3. The Morgan fingerprint density at radius 2 is 2.00 bits per heavy atom. The fourth-order valence-electron chi connectivity index (χ4n) is 5.07. The second-order valence-corrected chi connectivity index (χ2v) is 8.70. The molecule has 2 fully saturated rings. The lowest BCUT2D eigenvalue weighted by Crippen LogP contribution is -2.60. The lowest BCUT2D eigenvalue weighted by atomic mass is 9.80. The standard InChI is InChI=1S/C20H27N7O2/c21-20(7-4-8-22-12-20)17(29)26-18-23-10-13-9-14-16(28)24-11-19(5-2-1-3-6-19)27(14)15(13)25-18/h9-10,22H,1-8,11-12,21H2,(H,24,28)(H,23,25,26,29)/t20-/m0/s1. The molecular weight excluding hydrogens is 370 g/mol. The van der Waals surface area contributed by atoms with E-state index in [-0.39, 0.29) is 23.3 Å². The summed E-state index contributed by atoms with van der Waals surface area (Å²) in [5, 5.41) is 9.84. The molecule has 1 spiro atoms. The molecule has 9 heteroatoms. The molecule has 4 heterocycles. The number of hydrogen-bond donors (Lipinski definition) is 4. The van der Waals surface area contributed by atoms with E-state index in [4.69, 9.17) is 5.73 Å². The number of carbonyl (C=O) groups is 2. The average molecular weight is 397 g/mol. The van der Waals surface area contributed by atoms with Crippen molar-refractivity contribution < 1.29 is 9.59 Å². The first-order valence-corrected chi connectivity index (χ1v) is 10.5. The van der Waals surface area contributed by atoms with Crippen LogP contribution >= 0.6 is 0 Å². The van der Waals surface area contributed by atoms with Gasteiger partial charge in [0.25, 0.3) is 5.91 Å². The van der Waals surface area contributed by atoms with Crippen molar-refractivity contribution in [1.82, 2.24) is 25.2 Å². The summed E-state index contributed by atoms with van der Waals surface area (Å²) < 4.78 is 2.10. The van der Waals surface area contributed by atoms with Crippen molar-refractivity contribution in [1.29, 1.82) is 0 Å². The molecule has 2 aromatic heterocycles. The molecule has 3 aliphatic rings. The summed E-state index contributed by atoms with van der Waals surface area (Å²) in [5.74, 6) is -0.130. The van der Waals surface area contributed by atoms with Crippen LogP contribution in [0.3, 0.4) is 0 Å². The lowest BCUT2D eigenvalue weighted by Gasteiger charge is -2.42. The number of fused-ring (bicyclic) bond motifs is 4. The van der Waals surface area contributed by atoms with E-state index >= 15 is 0 Å². The van der Waals surface area contributed by atoms with Crippen LogP contribution in [0.2, 0.25) is 0 Å². The first-order valence-electron chi connectivity index (χ1n) is 10.5. The molecule has 1 saturated heterocycles. The van der Waals surface area contributed by atoms with Crippen LogP contribution in [-0.2, 0) is 10.3 Å². The van der Waals surface area contributed by atoms with Crippen LogP contribution in [-0.4, -0.2) is 51.5 Å². The average Bonchev–Trinajstić information content (AvgIpc) is 3.13. The molecule has 0 unspecified atom stereocenters. The Labute approximate surface area is 168 Å². The van der Waals surface area contributed by atoms with Crippen LogP contribution in [0.5, 0.6) is 0 Å². The molecule has 1 saturated carbocycles. The Kier molecular flexibility index (Phi) is 4.32. The first-order chi connectivity index (χ1) is 14.0. The largest absolute Gasteiger partial charge is 0.348 e. The molecule has 0 radical (unpaired) electrons. The third-order valence-corrected chi connectivity index (χ3v) is 6.70. The number of nitrogens with one attached hydrogen (secondary N) is 3. The van der Waals surface area contributed by atoms with Crippen molar-refractivity contribution in [3.63, 3.8) is 0 Å². The van der Waals surface area contributed by atoms with Gasteiger partial charge in [-0.15, -0.1) is 0 Å². The van der Waals surface area contributed by atoms with Crippen LogP contribution in [0.15, 0.2) is 12.3 Å². The smallest absolute Gasteiger partial charge is 0.268 e. The maximum absolute atomic E-state index is 12.8. The molecule has 1 atom stereocenters. The Morgan fingerprint density at radius 3 is 2.76 bits per heavy atom. The number of aromatic nitrogens is 3. The topological polar surface area (TPSA) is 127 Å². The van der Waals surface area contributed by atoms with Crippen molar-refractivity contribution in [2.24, 2.45) is 5.73 Å². The number of rotatable bonds is 2. The molecule has 154 valence electrons. The minimum absolute atomic E-state index is 0.0843. The summed E-state index contributed by atoms with van der Waals surface area (Å²) in [6, 6.07) is 1.85. The zero-order chi connectivity index (χ0) is 20.1. The van der Waals surface area contributed by atoms with Crippen molar-refractivity contribution in [2.45, 2.75) is 56.0 Å². The Balaban J connectivity index is 1.53. The number of nitrogens with zero attached hydrogens (tertiary/aromatic N) is 3. The van der Waals surface area contributed by atoms with Gasteiger partial charge in [-0.1, -0.05) is 19.3 Å². The van der Waals surface area contributed by atoms with Crippen LogP contribution in [0, 0.1) is 0 Å². The molecule has 2 amide bonds. The minimum Gasteiger partial charge on any atom is -0.348 e. The van der Waals surface area contributed by atoms with Gasteiger partial charge in [0.05, 0.1) is 5.54 Å². The number of carbonyl (C=O) groups excluding carboxylic acids is 2. The third kappa shape index (κ3) is 3.00. The van der Waals surface area contributed by atoms with E-state index in [1.807, 2.05) is 6.07 Å². The highest BCUT2D eigenvalue weighted by Gasteiger charge is 2.42. The monoisotopic (exact) mass is 397 g/mol. The molecule has 0 aromatic carbocycles. The van der Waals surface area contributed by atoms with E-state index in [1.54, 1.807) is 6.20 Å². The quantitative estimate of drug-likeness (QED) is 0.595. The predicted molar refractivity (Wildman–Crippen MR) is 109 cm³/mol. The molecule has 5 N–H and O–H groups in total. The van der Waals surface area contributed by atoms with Gasteiger partial charge in [0.15, 0.2) is 0 Å². The van der Waals surface area contributed by atoms with E-state index < -0.39 is 5.54 Å². The highest BCUT2D eigenvalue weighted by atomic mass is 16.2. The molecule has 5 rings (SSSR count). The summed E-state index contributed by atoms with van der Waals surface area (Å²) in [6.07, 6.45) is 8.65. The van der Waals surface area contributed by atoms with E-state index in [1.165, 1.54) is 6.42 Å². The van der Waals surface area contributed by atoms with E-state index in [9.17, 15) is 9.59 Å². The van der Waals surface area contributed by atoms with E-state index in [0.717, 1.165) is 44.0 Å². The van der Waals surface area contributed by atoms with Crippen molar-refractivity contribution in [3.05, 3.63) is 18.0 Å². The van der Waals surface area contributed by atoms with Crippen LogP contribution in [0.4, 0.5) is 5.95 Å². The van der Waals surface area contributed by atoms with Crippen molar-refractivity contribution in [3.8, 4) is 0 Å². The molecule has 1 aliphatic carbocycles. The van der Waals surface area contributed by atoms with Crippen molar-refractivity contribution >= 4 is 28.8 Å². The van der Waals surface area contributed by atoms with Gasteiger partial charge in [0, 0.05) is 24.7 Å². The predicted octanol–water partition coefficient (Wildman–Crippen LogP) is 0.853. The van der Waals surface area contributed by atoms with Gasteiger partial charge in [0.2, 0.25) is 11.9 Å². The molecule has 0 bridgehead atoms. The summed E-state index contributed by atoms with van der Waals surface area (Å²) in [6.45, 7) is 1.92. The van der Waals surface area contributed by atoms with Gasteiger partial charge in [-0.05, 0) is 38.3 Å². The number of anilines is 1. The molecule has 2 aromatic rings. The number of piperidine rings is 1. The highest BCUT2D eigenvalue weighted by Crippen LogP contribution is 2.40. The number of nitrogens with two attached hydrogens (primary N) is 1. The van der Waals surface area contributed by atoms with Gasteiger partial charge in [0.1, 0.15) is 16.9 Å². The SMILES string of the molecule is N[C@@]1(C(=O)Nc2ncc3cc4n(c3n2)C2(CCCCC2)CNC4=O)CCCNC1. The van der Waals surface area contributed by atoms with Gasteiger partial charge in [-0.2, -0.15) is 4.98 Å². The zero-order valence-corrected chi connectivity index (χ0v) is 16.5. The van der Waals surface area contributed by atoms with Crippen LogP contribution in [0.25, 0.3) is 11.0 Å².